The second-order valence-electron chi connectivity index (χ2n) is 3.53. The zero-order valence-corrected chi connectivity index (χ0v) is 12.5. The molecule has 0 saturated carbocycles. The molecule has 0 bridgehead atoms. The van der Waals surface area contributed by atoms with Crippen molar-refractivity contribution in [2.75, 3.05) is 59.5 Å². The molecule has 0 heterocycles. The molecule has 0 unspecified atom stereocenters. The molecule has 0 aliphatic heterocycles. The molecule has 0 atom stereocenters. The second kappa shape index (κ2) is 36.3. The molecule has 0 radical (unpaired) electrons. The van der Waals surface area contributed by atoms with Crippen LogP contribution < -0.4 is 0 Å². The summed E-state index contributed by atoms with van der Waals surface area (Å²) in [6.07, 6.45) is 0. The molecule has 7 N–H and O–H groups in total. The van der Waals surface area contributed by atoms with Gasteiger partial charge in [-0.3, -0.25) is 0 Å². The minimum absolute atomic E-state index is 0.125. The Morgan fingerprint density at radius 2 is 0.900 bits per heavy atom. The van der Waals surface area contributed by atoms with E-state index in [1.54, 1.807) is 0 Å². The Morgan fingerprint density at radius 3 is 1.05 bits per heavy atom. The smallest absolute Gasteiger partial charge is 0.0697 e. The predicted molar refractivity (Wildman–Crippen MR) is 75.3 cm³/mol. The molecular formula is C12H32O8. The van der Waals surface area contributed by atoms with Crippen molar-refractivity contribution in [3.63, 3.8) is 0 Å². The van der Waals surface area contributed by atoms with Gasteiger partial charge in [0.1, 0.15) is 0 Å². The average Bonchev–Trinajstić information content (AvgIpc) is 2.48. The van der Waals surface area contributed by atoms with Crippen LogP contribution in [0.1, 0.15) is 13.8 Å². The van der Waals surface area contributed by atoms with Crippen LogP contribution in [0.3, 0.4) is 0 Å². The Labute approximate surface area is 120 Å². The SMILES string of the molecule is CC(C)COCCO.OCCO.OCCO.OCCO. The van der Waals surface area contributed by atoms with Gasteiger partial charge in [-0.05, 0) is 5.92 Å². The van der Waals surface area contributed by atoms with E-state index in [2.05, 4.69) is 13.8 Å². The zero-order chi connectivity index (χ0) is 16.6. The van der Waals surface area contributed by atoms with Crippen LogP contribution in [0, 0.1) is 5.92 Å². The molecule has 20 heavy (non-hydrogen) atoms. The summed E-state index contributed by atoms with van der Waals surface area (Å²) >= 11 is 0. The first-order chi connectivity index (χ1) is 9.51. The van der Waals surface area contributed by atoms with E-state index in [0.29, 0.717) is 12.5 Å². The van der Waals surface area contributed by atoms with Gasteiger partial charge in [0, 0.05) is 6.61 Å². The van der Waals surface area contributed by atoms with Crippen molar-refractivity contribution >= 4 is 0 Å². The van der Waals surface area contributed by atoms with E-state index in [9.17, 15) is 0 Å². The average molecular weight is 304 g/mol. The molecule has 0 aliphatic rings. The molecule has 128 valence electrons. The van der Waals surface area contributed by atoms with Gasteiger partial charge in [-0.15, -0.1) is 0 Å². The predicted octanol–water partition coefficient (Wildman–Crippen LogP) is -2.44. The van der Waals surface area contributed by atoms with Gasteiger partial charge in [0.2, 0.25) is 0 Å². The Balaban J connectivity index is -0.0000000917. The summed E-state index contributed by atoms with van der Waals surface area (Å²) in [5.41, 5.74) is 0. The standard InChI is InChI=1S/C6H14O2.3C2H6O2/c1-6(2)5-8-4-3-7;3*3-1-2-4/h6-7H,3-5H2,1-2H3;3*3-4H,1-2H2. The third kappa shape index (κ3) is 83.4. The van der Waals surface area contributed by atoms with E-state index in [4.69, 9.17) is 40.5 Å². The van der Waals surface area contributed by atoms with E-state index in [0.717, 1.165) is 6.61 Å². The van der Waals surface area contributed by atoms with Crippen molar-refractivity contribution in [1.82, 2.24) is 0 Å². The van der Waals surface area contributed by atoms with Gasteiger partial charge in [0.05, 0.1) is 52.9 Å². The van der Waals surface area contributed by atoms with Gasteiger partial charge in [0.25, 0.3) is 0 Å². The van der Waals surface area contributed by atoms with Crippen LogP contribution in [0.5, 0.6) is 0 Å². The van der Waals surface area contributed by atoms with Crippen molar-refractivity contribution in [2.45, 2.75) is 13.8 Å². The van der Waals surface area contributed by atoms with Crippen LogP contribution in [0.15, 0.2) is 0 Å². The highest BCUT2D eigenvalue weighted by atomic mass is 16.5. The molecule has 0 fully saturated rings. The highest BCUT2D eigenvalue weighted by molar-refractivity contribution is 4.38. The first-order valence-electron chi connectivity index (χ1n) is 6.35. The maximum absolute atomic E-state index is 8.25. The van der Waals surface area contributed by atoms with Crippen molar-refractivity contribution in [3.05, 3.63) is 0 Å². The van der Waals surface area contributed by atoms with E-state index in [-0.39, 0.29) is 46.2 Å². The lowest BCUT2D eigenvalue weighted by molar-refractivity contribution is 0.0752. The minimum atomic E-state index is -0.125. The molecule has 0 saturated heterocycles. The number of ether oxygens (including phenoxy) is 1. The highest BCUT2D eigenvalue weighted by Crippen LogP contribution is 1.90. The van der Waals surface area contributed by atoms with Gasteiger partial charge in [-0.1, -0.05) is 13.8 Å². The third-order valence-corrected chi connectivity index (χ3v) is 0.987. The maximum Gasteiger partial charge on any atom is 0.0697 e. The molecule has 0 aromatic heterocycles. The van der Waals surface area contributed by atoms with Crippen LogP contribution in [0.25, 0.3) is 0 Å². The third-order valence-electron chi connectivity index (χ3n) is 0.987. The zero-order valence-electron chi connectivity index (χ0n) is 12.5. The number of aliphatic hydroxyl groups excluding tert-OH is 7. The summed E-state index contributed by atoms with van der Waals surface area (Å²) in [5, 5.41) is 54.0. The molecule has 0 amide bonds. The summed E-state index contributed by atoms with van der Waals surface area (Å²) < 4.78 is 4.99. The van der Waals surface area contributed by atoms with Crippen LogP contribution in [0.4, 0.5) is 0 Å². The lowest BCUT2D eigenvalue weighted by Crippen LogP contribution is -2.05. The van der Waals surface area contributed by atoms with Crippen molar-refractivity contribution in [3.8, 4) is 0 Å². The van der Waals surface area contributed by atoms with Crippen molar-refractivity contribution in [2.24, 2.45) is 5.92 Å². The summed E-state index contributed by atoms with van der Waals surface area (Å²) in [4.78, 5) is 0. The van der Waals surface area contributed by atoms with Crippen LogP contribution in [-0.2, 0) is 4.74 Å². The van der Waals surface area contributed by atoms with Crippen molar-refractivity contribution in [1.29, 1.82) is 0 Å². The molecular weight excluding hydrogens is 272 g/mol. The lowest BCUT2D eigenvalue weighted by Gasteiger charge is -2.03. The van der Waals surface area contributed by atoms with Crippen LogP contribution in [0.2, 0.25) is 0 Å². The lowest BCUT2D eigenvalue weighted by atomic mass is 10.2. The molecule has 8 heteroatoms. The van der Waals surface area contributed by atoms with Crippen molar-refractivity contribution < 1.29 is 40.5 Å². The Morgan fingerprint density at radius 1 is 0.600 bits per heavy atom. The Hall–Kier alpha value is -0.320. The summed E-state index contributed by atoms with van der Waals surface area (Å²) in [5.74, 6) is 0.571. The maximum atomic E-state index is 8.25. The molecule has 0 aromatic rings. The number of hydrogen-bond acceptors (Lipinski definition) is 8. The summed E-state index contributed by atoms with van der Waals surface area (Å²) in [6.45, 7) is 4.76. The van der Waals surface area contributed by atoms with E-state index >= 15 is 0 Å². The normalized spacial score (nSPS) is 8.70. The van der Waals surface area contributed by atoms with Gasteiger partial charge in [-0.25, -0.2) is 0 Å². The fraction of sp³-hybridized carbons (Fsp3) is 1.00. The van der Waals surface area contributed by atoms with Gasteiger partial charge in [0.15, 0.2) is 0 Å². The van der Waals surface area contributed by atoms with E-state index < -0.39 is 0 Å². The number of aliphatic hydroxyl groups is 7. The topological polar surface area (TPSA) is 151 Å². The van der Waals surface area contributed by atoms with E-state index in [1.807, 2.05) is 0 Å². The molecule has 0 rings (SSSR count). The fourth-order valence-electron chi connectivity index (χ4n) is 0.384. The first-order valence-corrected chi connectivity index (χ1v) is 6.35. The fourth-order valence-corrected chi connectivity index (χ4v) is 0.384. The largest absolute Gasteiger partial charge is 0.394 e. The van der Waals surface area contributed by atoms with Gasteiger partial charge in [-0.2, -0.15) is 0 Å². The number of rotatable bonds is 7. The molecule has 0 spiro atoms. The molecule has 0 aromatic carbocycles. The summed E-state index contributed by atoms with van der Waals surface area (Å²) in [7, 11) is 0. The van der Waals surface area contributed by atoms with Gasteiger partial charge >= 0.3 is 0 Å². The number of hydrogen-bond donors (Lipinski definition) is 7. The monoisotopic (exact) mass is 304 g/mol. The molecule has 0 aliphatic carbocycles. The Bertz CT molecular complexity index is 98.1. The van der Waals surface area contributed by atoms with Crippen LogP contribution in [-0.4, -0.2) is 95.2 Å². The quantitative estimate of drug-likeness (QED) is 0.256. The first kappa shape index (κ1) is 27.9. The van der Waals surface area contributed by atoms with E-state index in [1.165, 1.54) is 0 Å². The minimum Gasteiger partial charge on any atom is -0.394 e. The summed E-state index contributed by atoms with van der Waals surface area (Å²) in [6, 6.07) is 0. The van der Waals surface area contributed by atoms with Crippen LogP contribution >= 0.6 is 0 Å². The Kier molecular flexibility index (Phi) is 50.7. The van der Waals surface area contributed by atoms with Gasteiger partial charge < -0.3 is 40.5 Å². The highest BCUT2D eigenvalue weighted by Gasteiger charge is 1.90. The molecule has 8 nitrogen and oxygen atoms in total. The second-order valence-corrected chi connectivity index (χ2v) is 3.53.